The van der Waals surface area contributed by atoms with Crippen molar-refractivity contribution in [2.24, 2.45) is 5.73 Å². The quantitative estimate of drug-likeness (QED) is 0.246. The van der Waals surface area contributed by atoms with E-state index in [0.29, 0.717) is 49.0 Å². The number of ketones is 1. The first-order valence-corrected chi connectivity index (χ1v) is 11.8. The van der Waals surface area contributed by atoms with Crippen molar-refractivity contribution in [3.8, 4) is 0 Å². The van der Waals surface area contributed by atoms with Crippen molar-refractivity contribution in [2.45, 2.75) is 51.0 Å². The van der Waals surface area contributed by atoms with Crippen molar-refractivity contribution in [1.82, 2.24) is 0 Å². The number of halogens is 2. The zero-order valence-corrected chi connectivity index (χ0v) is 18.4. The fourth-order valence-corrected chi connectivity index (χ4v) is 4.31. The fourth-order valence-electron chi connectivity index (χ4n) is 2.87. The minimum absolute atomic E-state index is 0.0111. The van der Waals surface area contributed by atoms with E-state index < -0.39 is 25.0 Å². The van der Waals surface area contributed by atoms with E-state index in [1.165, 1.54) is 23.5 Å². The van der Waals surface area contributed by atoms with E-state index in [2.05, 4.69) is 4.52 Å². The minimum atomic E-state index is -4.56. The summed E-state index contributed by atoms with van der Waals surface area (Å²) in [4.78, 5) is 31.5. The average molecular weight is 461 g/mol. The number of phosphoric ester groups is 1. The number of nitrogens with two attached hydrogens (primary N) is 1. The van der Waals surface area contributed by atoms with Crippen LogP contribution in [-0.2, 0) is 21.9 Å². The summed E-state index contributed by atoms with van der Waals surface area (Å²) in [6.45, 7) is 1.37. The van der Waals surface area contributed by atoms with Crippen LogP contribution in [0.1, 0.15) is 52.7 Å². The summed E-state index contributed by atoms with van der Waals surface area (Å²) < 4.78 is 41.6. The molecule has 0 saturated carbocycles. The molecule has 0 fully saturated rings. The Morgan fingerprint density at radius 3 is 2.47 bits per heavy atom. The second kappa shape index (κ2) is 10.7. The molecular weight excluding hydrogens is 435 g/mol. The van der Waals surface area contributed by atoms with E-state index in [4.69, 9.17) is 15.5 Å². The molecule has 0 amide bonds. The van der Waals surface area contributed by atoms with E-state index in [1.54, 1.807) is 13.0 Å². The molecule has 1 heterocycles. The van der Waals surface area contributed by atoms with E-state index in [9.17, 15) is 18.1 Å². The zero-order valence-electron chi connectivity index (χ0n) is 16.6. The average Bonchev–Trinajstić information content (AvgIpc) is 3.10. The lowest BCUT2D eigenvalue weighted by atomic mass is 9.98. The van der Waals surface area contributed by atoms with E-state index >= 15 is 0 Å². The van der Waals surface area contributed by atoms with Gasteiger partial charge in [-0.2, -0.15) is 0 Å². The van der Waals surface area contributed by atoms with Gasteiger partial charge in [0.2, 0.25) is 0 Å². The SMILES string of the molecule is CC(N)(CCc1ccc(C(=O)CCCCc2cc(F)cc(F)c2)s1)COP(=O)(O)O. The molecule has 0 saturated heterocycles. The Balaban J connectivity index is 1.75. The molecule has 4 N–H and O–H groups in total. The second-order valence-electron chi connectivity index (χ2n) is 7.59. The Kier molecular flexibility index (Phi) is 8.85. The number of carbonyl (C=O) groups is 1. The maximum Gasteiger partial charge on any atom is 0.469 e. The molecule has 30 heavy (non-hydrogen) atoms. The Morgan fingerprint density at radius 1 is 1.17 bits per heavy atom. The van der Waals surface area contributed by atoms with E-state index in [-0.39, 0.29) is 12.4 Å². The molecule has 6 nitrogen and oxygen atoms in total. The molecule has 2 aromatic rings. The topological polar surface area (TPSA) is 110 Å². The summed E-state index contributed by atoms with van der Waals surface area (Å²) in [7, 11) is -4.56. The first kappa shape index (κ1) is 24.8. The van der Waals surface area contributed by atoms with Crippen LogP contribution >= 0.6 is 19.2 Å². The fraction of sp³-hybridized carbons (Fsp3) is 0.450. The van der Waals surface area contributed by atoms with Gasteiger partial charge in [0.1, 0.15) is 11.6 Å². The Bertz CT molecular complexity index is 892. The molecule has 10 heteroatoms. The Labute approximate surface area is 178 Å². The number of unbranched alkanes of at least 4 members (excludes halogenated alkanes) is 1. The van der Waals surface area contributed by atoms with Gasteiger partial charge in [0, 0.05) is 22.9 Å². The van der Waals surface area contributed by atoms with Crippen LogP contribution in [0.4, 0.5) is 8.78 Å². The smallest absolute Gasteiger partial charge is 0.323 e. The molecule has 0 aliphatic heterocycles. The van der Waals surface area contributed by atoms with Gasteiger partial charge in [0.25, 0.3) is 0 Å². The zero-order chi connectivity index (χ0) is 22.4. The highest BCUT2D eigenvalue weighted by molar-refractivity contribution is 7.46. The first-order valence-electron chi connectivity index (χ1n) is 9.49. The van der Waals surface area contributed by atoms with Crippen molar-refractivity contribution in [3.63, 3.8) is 0 Å². The van der Waals surface area contributed by atoms with Crippen molar-refractivity contribution in [2.75, 3.05) is 6.61 Å². The largest absolute Gasteiger partial charge is 0.469 e. The van der Waals surface area contributed by atoms with Crippen molar-refractivity contribution in [3.05, 3.63) is 57.3 Å². The van der Waals surface area contributed by atoms with Gasteiger partial charge in [-0.1, -0.05) is 0 Å². The molecule has 1 unspecified atom stereocenters. The van der Waals surface area contributed by atoms with Gasteiger partial charge >= 0.3 is 7.82 Å². The standard InChI is InChI=1S/C20H26F2NO5PS/c1-20(23,13-28-29(25,26)27)9-8-17-6-7-19(30-17)18(24)5-3-2-4-14-10-15(21)12-16(22)11-14/h6-7,10-12H,2-5,8-9,13,23H2,1H3,(H2,25,26,27). The highest BCUT2D eigenvalue weighted by Crippen LogP contribution is 2.37. The van der Waals surface area contributed by atoms with Crippen LogP contribution in [0.15, 0.2) is 30.3 Å². The third-order valence-electron chi connectivity index (χ3n) is 4.48. The van der Waals surface area contributed by atoms with Gasteiger partial charge < -0.3 is 15.5 Å². The minimum Gasteiger partial charge on any atom is -0.323 e. The number of phosphoric acid groups is 1. The third kappa shape index (κ3) is 9.12. The lowest BCUT2D eigenvalue weighted by Gasteiger charge is -2.24. The lowest BCUT2D eigenvalue weighted by Crippen LogP contribution is -2.41. The number of Topliss-reactive ketones (excluding diaryl/α,β-unsaturated/α-hetero) is 1. The second-order valence-corrected chi connectivity index (χ2v) is 10.00. The predicted molar refractivity (Wildman–Crippen MR) is 111 cm³/mol. The molecule has 0 aliphatic carbocycles. The monoisotopic (exact) mass is 461 g/mol. The van der Waals surface area contributed by atoms with Crippen LogP contribution in [0.5, 0.6) is 0 Å². The predicted octanol–water partition coefficient (Wildman–Crippen LogP) is 4.38. The molecule has 1 aromatic heterocycles. The van der Waals surface area contributed by atoms with Gasteiger partial charge in [-0.15, -0.1) is 11.3 Å². The van der Waals surface area contributed by atoms with Crippen LogP contribution < -0.4 is 5.73 Å². The normalized spacial score (nSPS) is 13.9. The highest BCUT2D eigenvalue weighted by Gasteiger charge is 2.24. The van der Waals surface area contributed by atoms with E-state index in [0.717, 1.165) is 10.9 Å². The van der Waals surface area contributed by atoms with Gasteiger partial charge in [0.05, 0.1) is 11.5 Å². The summed E-state index contributed by atoms with van der Waals surface area (Å²) in [6.07, 6.45) is 3.11. The van der Waals surface area contributed by atoms with Crippen LogP contribution in [0, 0.1) is 11.6 Å². The summed E-state index contributed by atoms with van der Waals surface area (Å²) in [5, 5.41) is 0. The molecule has 0 radical (unpaired) electrons. The Morgan fingerprint density at radius 2 is 1.83 bits per heavy atom. The van der Waals surface area contributed by atoms with Gasteiger partial charge in [-0.25, -0.2) is 13.3 Å². The molecular formula is C20H26F2NO5PS. The van der Waals surface area contributed by atoms with Gasteiger partial charge in [-0.3, -0.25) is 9.32 Å². The number of hydrogen-bond donors (Lipinski definition) is 3. The summed E-state index contributed by atoms with van der Waals surface area (Å²) >= 11 is 1.37. The van der Waals surface area contributed by atoms with Crippen LogP contribution in [0.25, 0.3) is 0 Å². The van der Waals surface area contributed by atoms with Gasteiger partial charge in [-0.05, 0) is 68.9 Å². The van der Waals surface area contributed by atoms with Crippen molar-refractivity contribution >= 4 is 24.9 Å². The molecule has 0 bridgehead atoms. The van der Waals surface area contributed by atoms with Crippen LogP contribution in [0.2, 0.25) is 0 Å². The molecule has 166 valence electrons. The number of hydrogen-bond acceptors (Lipinski definition) is 5. The third-order valence-corrected chi connectivity index (χ3v) is 6.13. The number of aryl methyl sites for hydroxylation is 2. The molecule has 0 spiro atoms. The summed E-state index contributed by atoms with van der Waals surface area (Å²) in [5.74, 6) is -1.19. The first-order chi connectivity index (χ1) is 13.9. The molecule has 1 atom stereocenters. The van der Waals surface area contributed by atoms with E-state index in [1.807, 2.05) is 6.07 Å². The summed E-state index contributed by atoms with van der Waals surface area (Å²) in [5.41, 5.74) is 5.67. The van der Waals surface area contributed by atoms with Crippen LogP contribution in [0.3, 0.4) is 0 Å². The maximum absolute atomic E-state index is 13.2. The highest BCUT2D eigenvalue weighted by atomic mass is 32.1. The molecule has 1 aromatic carbocycles. The van der Waals surface area contributed by atoms with Crippen LogP contribution in [-0.4, -0.2) is 27.7 Å². The number of carbonyl (C=O) groups excluding carboxylic acids is 1. The summed E-state index contributed by atoms with van der Waals surface area (Å²) in [6, 6.07) is 7.02. The van der Waals surface area contributed by atoms with Crippen molar-refractivity contribution in [1.29, 1.82) is 0 Å². The Hall–Kier alpha value is -1.48. The maximum atomic E-state index is 13.2. The van der Waals surface area contributed by atoms with Gasteiger partial charge in [0.15, 0.2) is 5.78 Å². The number of rotatable bonds is 12. The number of thiophene rings is 1. The van der Waals surface area contributed by atoms with Crippen molar-refractivity contribution < 1.29 is 32.5 Å². The lowest BCUT2D eigenvalue weighted by molar-refractivity contribution is 0.0983. The number of benzene rings is 1. The molecule has 0 aliphatic rings. The molecule has 2 rings (SSSR count).